The number of hydrogen-bond donors (Lipinski definition) is 0. The minimum absolute atomic E-state index is 0.0435. The molecule has 2 aliphatic carbocycles. The van der Waals surface area contributed by atoms with E-state index in [0.717, 1.165) is 51.4 Å². The summed E-state index contributed by atoms with van der Waals surface area (Å²) in [6.07, 6.45) is 11.0. The van der Waals surface area contributed by atoms with Crippen molar-refractivity contribution in [3.8, 4) is 5.75 Å². The molecule has 0 aromatic heterocycles. The number of rotatable bonds is 5. The molecule has 0 N–H and O–H groups in total. The maximum atomic E-state index is 13.0. The maximum Gasteiger partial charge on any atom is 0.330 e. The van der Waals surface area contributed by atoms with Crippen molar-refractivity contribution in [3.05, 3.63) is 42.2 Å². The first-order valence-electron chi connectivity index (χ1n) is 10.4. The molecular weight excluding hydrogens is 359 g/mol. The number of halogens is 1. The third kappa shape index (κ3) is 5.66. The van der Waals surface area contributed by atoms with Gasteiger partial charge in [-0.15, -0.1) is 0 Å². The van der Waals surface area contributed by atoms with Crippen molar-refractivity contribution in [2.24, 2.45) is 17.8 Å². The van der Waals surface area contributed by atoms with Crippen LogP contribution in [0, 0.1) is 23.6 Å². The Bertz CT molecular complexity index is 681. The molecule has 2 aliphatic rings. The largest absolute Gasteiger partial charge is 0.459 e. The van der Waals surface area contributed by atoms with E-state index in [-0.39, 0.29) is 29.8 Å². The van der Waals surface area contributed by atoms with Crippen LogP contribution in [0.15, 0.2) is 36.4 Å². The molecule has 0 amide bonds. The van der Waals surface area contributed by atoms with E-state index in [1.54, 1.807) is 6.08 Å². The minimum atomic E-state index is -0.341. The average Bonchev–Trinajstić information content (AvgIpc) is 2.70. The number of carbonyl (C=O) groups is 2. The smallest absolute Gasteiger partial charge is 0.330 e. The second kappa shape index (κ2) is 9.85. The van der Waals surface area contributed by atoms with Gasteiger partial charge in [0.1, 0.15) is 17.7 Å². The van der Waals surface area contributed by atoms with Gasteiger partial charge in [0.25, 0.3) is 0 Å². The number of esters is 2. The number of hydrogen-bond acceptors (Lipinski definition) is 4. The molecule has 0 aliphatic heterocycles. The predicted octanol–water partition coefficient (Wildman–Crippen LogP) is 5.22. The SMILES string of the molecule is C/C=C/C(=O)OC1CCC(C2CCC(C(=O)Oc3ccc(F)cc3)CC2)CC1. The van der Waals surface area contributed by atoms with Crippen molar-refractivity contribution in [2.45, 2.75) is 64.4 Å². The van der Waals surface area contributed by atoms with Gasteiger partial charge in [-0.2, -0.15) is 0 Å². The van der Waals surface area contributed by atoms with Crippen LogP contribution in [0.1, 0.15) is 58.3 Å². The molecule has 0 spiro atoms. The molecule has 152 valence electrons. The Morgan fingerprint density at radius 2 is 1.50 bits per heavy atom. The fourth-order valence-electron chi connectivity index (χ4n) is 4.55. The van der Waals surface area contributed by atoms with Crippen LogP contribution in [0.4, 0.5) is 4.39 Å². The highest BCUT2D eigenvalue weighted by Gasteiger charge is 2.34. The van der Waals surface area contributed by atoms with Crippen molar-refractivity contribution in [3.63, 3.8) is 0 Å². The van der Waals surface area contributed by atoms with Crippen LogP contribution in [0.5, 0.6) is 5.75 Å². The highest BCUT2D eigenvalue weighted by Crippen LogP contribution is 2.40. The molecule has 1 aromatic rings. The Hall–Kier alpha value is -2.17. The first-order chi connectivity index (χ1) is 13.5. The molecule has 0 bridgehead atoms. The van der Waals surface area contributed by atoms with Gasteiger partial charge in [0.05, 0.1) is 5.92 Å². The van der Waals surface area contributed by atoms with Gasteiger partial charge in [0.2, 0.25) is 0 Å². The topological polar surface area (TPSA) is 52.6 Å². The molecule has 0 radical (unpaired) electrons. The molecule has 2 fully saturated rings. The molecule has 0 saturated heterocycles. The normalized spacial score (nSPS) is 28.1. The zero-order valence-electron chi connectivity index (χ0n) is 16.4. The Labute approximate surface area is 166 Å². The van der Waals surface area contributed by atoms with Crippen molar-refractivity contribution in [1.29, 1.82) is 0 Å². The van der Waals surface area contributed by atoms with Crippen molar-refractivity contribution in [1.82, 2.24) is 0 Å². The summed E-state index contributed by atoms with van der Waals surface area (Å²) < 4.78 is 23.8. The van der Waals surface area contributed by atoms with Gasteiger partial charge in [0.15, 0.2) is 0 Å². The fourth-order valence-corrected chi connectivity index (χ4v) is 4.55. The Kier molecular flexibility index (Phi) is 7.24. The summed E-state index contributed by atoms with van der Waals surface area (Å²) >= 11 is 0. The number of carbonyl (C=O) groups excluding carboxylic acids is 2. The molecule has 0 atom stereocenters. The van der Waals surface area contributed by atoms with Crippen molar-refractivity contribution in [2.75, 3.05) is 0 Å². The highest BCUT2D eigenvalue weighted by atomic mass is 19.1. The van der Waals surface area contributed by atoms with Gasteiger partial charge in [-0.25, -0.2) is 9.18 Å². The van der Waals surface area contributed by atoms with Crippen LogP contribution in [-0.2, 0) is 14.3 Å². The van der Waals surface area contributed by atoms with E-state index in [9.17, 15) is 14.0 Å². The fraction of sp³-hybridized carbons (Fsp3) is 0.565. The van der Waals surface area contributed by atoms with Gasteiger partial charge >= 0.3 is 11.9 Å². The summed E-state index contributed by atoms with van der Waals surface area (Å²) in [7, 11) is 0. The molecule has 1 aromatic carbocycles. The lowest BCUT2D eigenvalue weighted by Gasteiger charge is -2.37. The minimum Gasteiger partial charge on any atom is -0.459 e. The van der Waals surface area contributed by atoms with Crippen LogP contribution < -0.4 is 4.74 Å². The lowest BCUT2D eigenvalue weighted by atomic mass is 9.70. The Balaban J connectivity index is 1.40. The van der Waals surface area contributed by atoms with E-state index >= 15 is 0 Å². The first kappa shape index (κ1) is 20.6. The van der Waals surface area contributed by atoms with Crippen LogP contribution in [0.3, 0.4) is 0 Å². The standard InChI is InChI=1S/C23H29FO4/c1-2-3-22(25)27-20-12-8-17(9-13-20)16-4-6-18(7-5-16)23(26)28-21-14-10-19(24)11-15-21/h2-3,10-11,14-18,20H,4-9,12-13H2,1H3/b3-2+. The van der Waals surface area contributed by atoms with Crippen molar-refractivity contribution < 1.29 is 23.5 Å². The van der Waals surface area contributed by atoms with Gasteiger partial charge < -0.3 is 9.47 Å². The molecular formula is C23H29FO4. The average molecular weight is 388 g/mol. The lowest BCUT2D eigenvalue weighted by molar-refractivity contribution is -0.145. The molecule has 2 saturated carbocycles. The van der Waals surface area contributed by atoms with E-state index < -0.39 is 0 Å². The van der Waals surface area contributed by atoms with E-state index in [1.165, 1.54) is 30.3 Å². The summed E-state index contributed by atoms with van der Waals surface area (Å²) in [6, 6.07) is 5.57. The summed E-state index contributed by atoms with van der Waals surface area (Å²) in [4.78, 5) is 23.9. The van der Waals surface area contributed by atoms with Gasteiger partial charge in [-0.1, -0.05) is 6.08 Å². The molecule has 28 heavy (non-hydrogen) atoms. The summed E-state index contributed by atoms with van der Waals surface area (Å²) in [5.41, 5.74) is 0. The third-order valence-electron chi connectivity index (χ3n) is 6.11. The molecule has 3 rings (SSSR count). The molecule has 0 heterocycles. The highest BCUT2D eigenvalue weighted by molar-refractivity contribution is 5.81. The molecule has 5 heteroatoms. The summed E-state index contributed by atoms with van der Waals surface area (Å²) in [5, 5.41) is 0. The third-order valence-corrected chi connectivity index (χ3v) is 6.11. The quantitative estimate of drug-likeness (QED) is 0.394. The number of ether oxygens (including phenoxy) is 2. The van der Waals surface area contributed by atoms with Crippen LogP contribution in [-0.4, -0.2) is 18.0 Å². The van der Waals surface area contributed by atoms with E-state index in [2.05, 4.69) is 0 Å². The zero-order chi connectivity index (χ0) is 19.9. The summed E-state index contributed by atoms with van der Waals surface area (Å²) in [5.74, 6) is 0.842. The Morgan fingerprint density at radius 3 is 2.07 bits per heavy atom. The van der Waals surface area contributed by atoms with Gasteiger partial charge in [0, 0.05) is 6.08 Å². The van der Waals surface area contributed by atoms with E-state index in [4.69, 9.17) is 9.47 Å². The Morgan fingerprint density at radius 1 is 0.929 bits per heavy atom. The lowest BCUT2D eigenvalue weighted by Crippen LogP contribution is -2.31. The van der Waals surface area contributed by atoms with Crippen LogP contribution in [0.2, 0.25) is 0 Å². The van der Waals surface area contributed by atoms with Crippen LogP contribution in [0.25, 0.3) is 0 Å². The molecule has 4 nitrogen and oxygen atoms in total. The second-order valence-electron chi connectivity index (χ2n) is 7.96. The van der Waals surface area contributed by atoms with E-state index in [0.29, 0.717) is 17.6 Å². The monoisotopic (exact) mass is 388 g/mol. The number of allylic oxidation sites excluding steroid dienone is 1. The summed E-state index contributed by atoms with van der Waals surface area (Å²) in [6.45, 7) is 1.81. The maximum absolute atomic E-state index is 13.0. The second-order valence-corrected chi connectivity index (χ2v) is 7.96. The first-order valence-corrected chi connectivity index (χ1v) is 10.4. The van der Waals surface area contributed by atoms with Crippen LogP contribution >= 0.6 is 0 Å². The van der Waals surface area contributed by atoms with Gasteiger partial charge in [-0.05, 0) is 94.4 Å². The predicted molar refractivity (Wildman–Crippen MR) is 104 cm³/mol. The molecule has 0 unspecified atom stereocenters. The van der Waals surface area contributed by atoms with E-state index in [1.807, 2.05) is 6.92 Å². The van der Waals surface area contributed by atoms with Gasteiger partial charge in [-0.3, -0.25) is 4.79 Å². The number of benzene rings is 1. The zero-order valence-corrected chi connectivity index (χ0v) is 16.4. The van der Waals surface area contributed by atoms with Crippen molar-refractivity contribution >= 4 is 11.9 Å².